The Balaban J connectivity index is 0.000000490. The Morgan fingerprint density at radius 1 is 1.00 bits per heavy atom. The standard InChI is InChI=1S/C6H5I.BrH/c7-6-4-2-1-3-5-6;/h1-5H;1H. The third kappa shape index (κ3) is 2.67. The van der Waals surface area contributed by atoms with Crippen molar-refractivity contribution in [2.45, 2.75) is 0 Å². The van der Waals surface area contributed by atoms with Crippen LogP contribution in [0, 0.1) is 3.57 Å². The van der Waals surface area contributed by atoms with Gasteiger partial charge in [0, 0.05) is 3.57 Å². The monoisotopic (exact) mass is 284 g/mol. The van der Waals surface area contributed by atoms with E-state index in [0.717, 1.165) is 0 Å². The maximum absolute atomic E-state index is 2.28. The molecule has 0 nitrogen and oxygen atoms in total. The molecule has 0 aromatic heterocycles. The molecule has 44 valence electrons. The van der Waals surface area contributed by atoms with Crippen LogP contribution in [-0.4, -0.2) is 0 Å². The van der Waals surface area contributed by atoms with Gasteiger partial charge < -0.3 is 0 Å². The van der Waals surface area contributed by atoms with Crippen LogP contribution in [0.25, 0.3) is 0 Å². The van der Waals surface area contributed by atoms with Gasteiger partial charge in [0.05, 0.1) is 0 Å². The summed E-state index contributed by atoms with van der Waals surface area (Å²) in [5.41, 5.74) is 0. The van der Waals surface area contributed by atoms with Crippen molar-refractivity contribution < 1.29 is 0 Å². The van der Waals surface area contributed by atoms with Gasteiger partial charge in [-0.05, 0) is 34.7 Å². The van der Waals surface area contributed by atoms with Crippen LogP contribution in [0.5, 0.6) is 0 Å². The predicted octanol–water partition coefficient (Wildman–Crippen LogP) is 2.87. The maximum Gasteiger partial charge on any atom is 0.0130 e. The van der Waals surface area contributed by atoms with Gasteiger partial charge in [0.25, 0.3) is 0 Å². The first-order valence-corrected chi connectivity index (χ1v) is 3.18. The van der Waals surface area contributed by atoms with Crippen molar-refractivity contribution >= 4 is 39.6 Å². The van der Waals surface area contributed by atoms with Gasteiger partial charge in [-0.25, -0.2) is 0 Å². The molecule has 8 heavy (non-hydrogen) atoms. The van der Waals surface area contributed by atoms with Gasteiger partial charge in [0.15, 0.2) is 0 Å². The molecule has 0 unspecified atom stereocenters. The van der Waals surface area contributed by atoms with Gasteiger partial charge in [-0.2, -0.15) is 0 Å². The fourth-order valence-electron chi connectivity index (χ4n) is 0.415. The highest BCUT2D eigenvalue weighted by molar-refractivity contribution is 14.1. The van der Waals surface area contributed by atoms with E-state index in [1.165, 1.54) is 3.57 Å². The van der Waals surface area contributed by atoms with Gasteiger partial charge in [-0.15, -0.1) is 17.0 Å². The van der Waals surface area contributed by atoms with Gasteiger partial charge in [-0.1, -0.05) is 18.2 Å². The lowest BCUT2D eigenvalue weighted by atomic mass is 10.4. The Morgan fingerprint density at radius 2 is 1.50 bits per heavy atom. The Morgan fingerprint density at radius 3 is 1.75 bits per heavy atom. The second-order valence-electron chi connectivity index (χ2n) is 1.30. The minimum atomic E-state index is 0. The first kappa shape index (κ1) is 8.43. The molecule has 2 heteroatoms. The smallest absolute Gasteiger partial charge is 0.0130 e. The number of hydrogen-bond donors (Lipinski definition) is 0. The summed E-state index contributed by atoms with van der Waals surface area (Å²) in [5, 5.41) is 0. The summed E-state index contributed by atoms with van der Waals surface area (Å²) in [6.07, 6.45) is 0. The Kier molecular flexibility index (Phi) is 4.56. The van der Waals surface area contributed by atoms with Gasteiger partial charge >= 0.3 is 0 Å². The molecular formula is C6H6BrI. The van der Waals surface area contributed by atoms with Crippen molar-refractivity contribution in [3.05, 3.63) is 33.9 Å². The van der Waals surface area contributed by atoms with E-state index in [1.807, 2.05) is 18.2 Å². The Labute approximate surface area is 73.2 Å². The minimum Gasteiger partial charge on any atom is -0.114 e. The van der Waals surface area contributed by atoms with Gasteiger partial charge in [0.2, 0.25) is 0 Å². The van der Waals surface area contributed by atoms with Crippen LogP contribution < -0.4 is 0 Å². The van der Waals surface area contributed by atoms with Crippen LogP contribution in [0.15, 0.2) is 30.3 Å². The van der Waals surface area contributed by atoms with E-state index in [4.69, 9.17) is 0 Å². The quantitative estimate of drug-likeness (QED) is 0.643. The molecule has 0 spiro atoms. The SMILES string of the molecule is Br.Ic1ccccc1. The highest BCUT2D eigenvalue weighted by Gasteiger charge is 1.74. The fourth-order valence-corrected chi connectivity index (χ4v) is 0.830. The molecule has 0 atom stereocenters. The minimum absolute atomic E-state index is 0. The summed E-state index contributed by atoms with van der Waals surface area (Å²) >= 11 is 2.28. The molecule has 1 aromatic rings. The van der Waals surface area contributed by atoms with Crippen LogP contribution in [0.3, 0.4) is 0 Å². The highest BCUT2D eigenvalue weighted by Crippen LogP contribution is 1.99. The molecule has 0 N–H and O–H groups in total. The fraction of sp³-hybridized carbons (Fsp3) is 0. The molecule has 0 heterocycles. The second kappa shape index (κ2) is 4.32. The second-order valence-corrected chi connectivity index (χ2v) is 2.54. The van der Waals surface area contributed by atoms with Crippen molar-refractivity contribution in [3.63, 3.8) is 0 Å². The van der Waals surface area contributed by atoms with Crippen LogP contribution in [0.1, 0.15) is 0 Å². The number of halogens is 2. The highest BCUT2D eigenvalue weighted by atomic mass is 127. The normalized spacial score (nSPS) is 7.62. The van der Waals surface area contributed by atoms with Crippen LogP contribution >= 0.6 is 39.6 Å². The Hall–Kier alpha value is 0.430. The lowest BCUT2D eigenvalue weighted by molar-refractivity contribution is 1.65. The lowest BCUT2D eigenvalue weighted by Crippen LogP contribution is -1.61. The van der Waals surface area contributed by atoms with Crippen molar-refractivity contribution in [1.29, 1.82) is 0 Å². The zero-order valence-corrected chi connectivity index (χ0v) is 8.04. The van der Waals surface area contributed by atoms with Gasteiger partial charge in [0.1, 0.15) is 0 Å². The summed E-state index contributed by atoms with van der Waals surface area (Å²) in [7, 11) is 0. The average Bonchev–Trinajstić information content (AvgIpc) is 1.69. The zero-order valence-electron chi connectivity index (χ0n) is 4.17. The molecular weight excluding hydrogens is 279 g/mol. The third-order valence-electron chi connectivity index (χ3n) is 0.733. The number of rotatable bonds is 0. The molecule has 0 fully saturated rings. The average molecular weight is 285 g/mol. The zero-order chi connectivity index (χ0) is 5.11. The molecule has 0 aliphatic rings. The molecule has 1 aromatic carbocycles. The summed E-state index contributed by atoms with van der Waals surface area (Å²) < 4.78 is 1.29. The van der Waals surface area contributed by atoms with Crippen LogP contribution in [-0.2, 0) is 0 Å². The lowest BCUT2D eigenvalue weighted by Gasteiger charge is -1.80. The summed E-state index contributed by atoms with van der Waals surface area (Å²) in [5.74, 6) is 0. The van der Waals surface area contributed by atoms with Crippen molar-refractivity contribution in [2.24, 2.45) is 0 Å². The Bertz CT molecular complexity index is 138. The van der Waals surface area contributed by atoms with Crippen molar-refractivity contribution in [2.75, 3.05) is 0 Å². The third-order valence-corrected chi connectivity index (χ3v) is 1.45. The van der Waals surface area contributed by atoms with E-state index >= 15 is 0 Å². The molecule has 0 aliphatic carbocycles. The van der Waals surface area contributed by atoms with E-state index in [-0.39, 0.29) is 17.0 Å². The number of benzene rings is 1. The summed E-state index contributed by atoms with van der Waals surface area (Å²) in [6, 6.07) is 10.2. The maximum atomic E-state index is 2.28. The van der Waals surface area contributed by atoms with Crippen molar-refractivity contribution in [3.8, 4) is 0 Å². The topological polar surface area (TPSA) is 0 Å². The molecule has 0 amide bonds. The van der Waals surface area contributed by atoms with E-state index in [9.17, 15) is 0 Å². The van der Waals surface area contributed by atoms with E-state index in [2.05, 4.69) is 34.7 Å². The summed E-state index contributed by atoms with van der Waals surface area (Å²) in [6.45, 7) is 0. The number of hydrogen-bond acceptors (Lipinski definition) is 0. The van der Waals surface area contributed by atoms with Crippen LogP contribution in [0.2, 0.25) is 0 Å². The van der Waals surface area contributed by atoms with Crippen molar-refractivity contribution in [1.82, 2.24) is 0 Å². The molecule has 1 rings (SSSR count). The summed E-state index contributed by atoms with van der Waals surface area (Å²) in [4.78, 5) is 0. The molecule has 0 aliphatic heterocycles. The predicted molar refractivity (Wildman–Crippen MR) is 49.5 cm³/mol. The van der Waals surface area contributed by atoms with Gasteiger partial charge in [-0.3, -0.25) is 0 Å². The first-order valence-electron chi connectivity index (χ1n) is 2.10. The van der Waals surface area contributed by atoms with E-state index < -0.39 is 0 Å². The molecule has 0 saturated carbocycles. The first-order chi connectivity index (χ1) is 3.39. The largest absolute Gasteiger partial charge is 0.114 e. The molecule has 0 bridgehead atoms. The van der Waals surface area contributed by atoms with Crippen LogP contribution in [0.4, 0.5) is 0 Å². The molecule has 0 radical (unpaired) electrons. The van der Waals surface area contributed by atoms with E-state index in [0.29, 0.717) is 0 Å². The molecule has 0 saturated heterocycles. The van der Waals surface area contributed by atoms with E-state index in [1.54, 1.807) is 0 Å².